The van der Waals surface area contributed by atoms with Gasteiger partial charge in [-0.15, -0.1) is 0 Å². The molecule has 10 heteroatoms. The van der Waals surface area contributed by atoms with Gasteiger partial charge in [0.1, 0.15) is 0 Å². The summed E-state index contributed by atoms with van der Waals surface area (Å²) in [6, 6.07) is 0. The number of hydrogen-bond donors (Lipinski definition) is 1. The average molecular weight is 265 g/mol. The van der Waals surface area contributed by atoms with Gasteiger partial charge in [-0.3, -0.25) is 8.74 Å². The molecule has 1 unspecified atom stereocenters. The highest BCUT2D eigenvalue weighted by Gasteiger charge is 2.02. The third-order valence-electron chi connectivity index (χ3n) is 0.867. The first-order valence-electron chi connectivity index (χ1n) is 3.34. The van der Waals surface area contributed by atoms with Gasteiger partial charge in [0.15, 0.2) is 0 Å². The zero-order valence-electron chi connectivity index (χ0n) is 6.95. The summed E-state index contributed by atoms with van der Waals surface area (Å²) in [5.41, 5.74) is 0. The van der Waals surface area contributed by atoms with E-state index in [4.69, 9.17) is 4.55 Å². The van der Waals surface area contributed by atoms with Gasteiger partial charge >= 0.3 is 10.4 Å². The maximum absolute atomic E-state index is 10.0. The minimum atomic E-state index is -4.37. The topological polar surface area (TPSA) is 113 Å². The molecule has 0 heterocycles. The Balaban J connectivity index is 3.19. The van der Waals surface area contributed by atoms with Crippen LogP contribution in [0.2, 0.25) is 0 Å². The average Bonchev–Trinajstić information content (AvgIpc) is 2.00. The summed E-state index contributed by atoms with van der Waals surface area (Å²) in [4.78, 5) is 0. The van der Waals surface area contributed by atoms with Crippen LogP contribution >= 0.6 is 11.8 Å². The van der Waals surface area contributed by atoms with Crippen molar-refractivity contribution < 1.29 is 30.1 Å². The van der Waals surface area contributed by atoms with Crippen LogP contribution in [-0.4, -0.2) is 46.5 Å². The Morgan fingerprint density at radius 1 is 1.36 bits per heavy atom. The SMILES string of the molecule is O=S([O-])OCCSCCOS(=O)(=O)O. The van der Waals surface area contributed by atoms with Gasteiger partial charge < -0.3 is 4.55 Å². The highest BCUT2D eigenvalue weighted by molar-refractivity contribution is 7.99. The Morgan fingerprint density at radius 3 is 2.43 bits per heavy atom. The van der Waals surface area contributed by atoms with E-state index in [1.165, 1.54) is 11.8 Å². The normalized spacial score (nSPS) is 14.1. The maximum Gasteiger partial charge on any atom is 0.397 e. The van der Waals surface area contributed by atoms with E-state index in [9.17, 15) is 17.2 Å². The van der Waals surface area contributed by atoms with Crippen molar-refractivity contribution in [2.24, 2.45) is 0 Å². The van der Waals surface area contributed by atoms with Gasteiger partial charge in [-0.2, -0.15) is 20.2 Å². The minimum absolute atomic E-state index is 0.0205. The third-order valence-corrected chi connectivity index (χ3v) is 2.60. The largest absolute Gasteiger partial charge is 0.750 e. The van der Waals surface area contributed by atoms with Crippen molar-refractivity contribution in [1.29, 1.82) is 0 Å². The Kier molecular flexibility index (Phi) is 7.72. The van der Waals surface area contributed by atoms with Crippen LogP contribution in [0.5, 0.6) is 0 Å². The molecule has 0 fully saturated rings. The maximum atomic E-state index is 10.0. The van der Waals surface area contributed by atoms with Crippen LogP contribution in [0, 0.1) is 0 Å². The van der Waals surface area contributed by atoms with Crippen LogP contribution in [0.3, 0.4) is 0 Å². The lowest BCUT2D eigenvalue weighted by atomic mass is 10.9. The quantitative estimate of drug-likeness (QED) is 0.350. The van der Waals surface area contributed by atoms with Crippen molar-refractivity contribution in [1.82, 2.24) is 0 Å². The van der Waals surface area contributed by atoms with Crippen molar-refractivity contribution in [3.05, 3.63) is 0 Å². The molecule has 86 valence electrons. The molecule has 0 aliphatic heterocycles. The molecule has 7 nitrogen and oxygen atoms in total. The van der Waals surface area contributed by atoms with Gasteiger partial charge in [0.2, 0.25) is 0 Å². The van der Waals surface area contributed by atoms with Crippen LogP contribution in [-0.2, 0) is 30.1 Å². The molecule has 0 aromatic heterocycles. The van der Waals surface area contributed by atoms with Crippen molar-refractivity contribution >= 4 is 33.5 Å². The van der Waals surface area contributed by atoms with Crippen LogP contribution in [0.25, 0.3) is 0 Å². The second kappa shape index (κ2) is 7.56. The molecule has 0 bridgehead atoms. The Hall–Kier alpha value is 0.290. The van der Waals surface area contributed by atoms with Crippen molar-refractivity contribution in [3.63, 3.8) is 0 Å². The first kappa shape index (κ1) is 14.3. The minimum Gasteiger partial charge on any atom is -0.750 e. The summed E-state index contributed by atoms with van der Waals surface area (Å²) in [6.07, 6.45) is 0. The molecule has 0 saturated carbocycles. The summed E-state index contributed by atoms with van der Waals surface area (Å²) in [5.74, 6) is 0.706. The van der Waals surface area contributed by atoms with E-state index in [1.807, 2.05) is 0 Å². The van der Waals surface area contributed by atoms with E-state index in [-0.39, 0.29) is 13.2 Å². The molecule has 14 heavy (non-hydrogen) atoms. The fraction of sp³-hybridized carbons (Fsp3) is 1.00. The van der Waals surface area contributed by atoms with E-state index in [1.54, 1.807) is 0 Å². The molecular weight excluding hydrogens is 256 g/mol. The van der Waals surface area contributed by atoms with Crippen LogP contribution in [0.1, 0.15) is 0 Å². The van der Waals surface area contributed by atoms with E-state index in [0.717, 1.165) is 0 Å². The molecule has 1 atom stereocenters. The fourth-order valence-corrected chi connectivity index (χ4v) is 1.79. The predicted octanol–water partition coefficient (Wildman–Crippen LogP) is -0.650. The van der Waals surface area contributed by atoms with E-state index < -0.39 is 21.8 Å². The molecule has 0 aromatic rings. The van der Waals surface area contributed by atoms with Gasteiger partial charge in [-0.1, -0.05) is 0 Å². The summed E-state index contributed by atoms with van der Waals surface area (Å²) >= 11 is -1.28. The standard InChI is InChI=1S/C4H10O7S3/c5-13(6)10-1-3-12-4-2-11-14(7,8)9/h1-4H2,(H,5,6)(H,7,8,9)/p-1. The van der Waals surface area contributed by atoms with Gasteiger partial charge in [0, 0.05) is 11.5 Å². The second-order valence-electron chi connectivity index (χ2n) is 1.89. The third kappa shape index (κ3) is 12.3. The summed E-state index contributed by atoms with van der Waals surface area (Å²) in [5, 5.41) is 0. The van der Waals surface area contributed by atoms with Gasteiger partial charge in [0.25, 0.3) is 0 Å². The first-order valence-corrected chi connectivity index (χ1v) is 6.86. The first-order chi connectivity index (χ1) is 6.42. The highest BCUT2D eigenvalue weighted by Crippen LogP contribution is 2.00. The van der Waals surface area contributed by atoms with Crippen molar-refractivity contribution in [2.45, 2.75) is 0 Å². The Labute approximate surface area is 88.6 Å². The molecule has 1 N–H and O–H groups in total. The highest BCUT2D eigenvalue weighted by atomic mass is 32.3. The lowest BCUT2D eigenvalue weighted by molar-refractivity contribution is 0.285. The molecule has 0 amide bonds. The van der Waals surface area contributed by atoms with Crippen molar-refractivity contribution in [3.8, 4) is 0 Å². The molecule has 0 aromatic carbocycles. The second-order valence-corrected chi connectivity index (χ2v) is 4.85. The lowest BCUT2D eigenvalue weighted by Crippen LogP contribution is -2.07. The Bertz CT molecular complexity index is 260. The van der Waals surface area contributed by atoms with Crippen molar-refractivity contribution in [2.75, 3.05) is 24.7 Å². The van der Waals surface area contributed by atoms with Gasteiger partial charge in [-0.25, -0.2) is 8.39 Å². The number of hydrogen-bond acceptors (Lipinski definition) is 7. The zero-order chi connectivity index (χ0) is 11.0. The van der Waals surface area contributed by atoms with E-state index in [0.29, 0.717) is 11.5 Å². The number of rotatable bonds is 8. The predicted molar refractivity (Wildman–Crippen MR) is 49.7 cm³/mol. The van der Waals surface area contributed by atoms with Crippen LogP contribution in [0.15, 0.2) is 0 Å². The molecule has 0 rings (SSSR count). The van der Waals surface area contributed by atoms with Crippen LogP contribution in [0.4, 0.5) is 0 Å². The Morgan fingerprint density at radius 2 is 1.93 bits per heavy atom. The zero-order valence-corrected chi connectivity index (χ0v) is 9.40. The van der Waals surface area contributed by atoms with Gasteiger partial charge in [0.05, 0.1) is 24.6 Å². The fourth-order valence-electron chi connectivity index (χ4n) is 0.461. The van der Waals surface area contributed by atoms with E-state index in [2.05, 4.69) is 8.37 Å². The molecule has 0 saturated heterocycles. The molecule has 0 spiro atoms. The number of thioether (sulfide) groups is 1. The van der Waals surface area contributed by atoms with E-state index >= 15 is 0 Å². The summed E-state index contributed by atoms with van der Waals surface area (Å²) in [6.45, 7) is -0.142. The van der Waals surface area contributed by atoms with Gasteiger partial charge in [-0.05, 0) is 0 Å². The molecule has 0 aliphatic carbocycles. The monoisotopic (exact) mass is 265 g/mol. The molecule has 0 aliphatic rings. The summed E-state index contributed by atoms with van der Waals surface area (Å²) < 4.78 is 56.1. The smallest absolute Gasteiger partial charge is 0.397 e. The molecule has 0 radical (unpaired) electrons. The lowest BCUT2D eigenvalue weighted by Gasteiger charge is -2.04. The molecular formula is C4H9O7S3-. The van der Waals surface area contributed by atoms with Crippen LogP contribution < -0.4 is 0 Å². The summed E-state index contributed by atoms with van der Waals surface area (Å²) in [7, 11) is -4.37.